The zero-order chi connectivity index (χ0) is 10.6. The van der Waals surface area contributed by atoms with E-state index >= 15 is 0 Å². The summed E-state index contributed by atoms with van der Waals surface area (Å²) in [6, 6.07) is 5.58. The summed E-state index contributed by atoms with van der Waals surface area (Å²) in [5.41, 5.74) is -0.162. The first-order valence-electron chi connectivity index (χ1n) is 3.58. The minimum atomic E-state index is -0.578. The van der Waals surface area contributed by atoms with E-state index in [1.807, 2.05) is 0 Å². The van der Waals surface area contributed by atoms with Crippen molar-refractivity contribution in [1.29, 1.82) is 5.26 Å². The van der Waals surface area contributed by atoms with Crippen LogP contribution in [0.4, 0.5) is 5.69 Å². The summed E-state index contributed by atoms with van der Waals surface area (Å²) in [7, 11) is 0. The van der Waals surface area contributed by atoms with Crippen LogP contribution in [0.5, 0.6) is 5.75 Å². The third-order valence-electron chi connectivity index (χ3n) is 1.37. The van der Waals surface area contributed by atoms with Gasteiger partial charge in [-0.3, -0.25) is 10.1 Å². The summed E-state index contributed by atoms with van der Waals surface area (Å²) >= 11 is 5.61. The van der Waals surface area contributed by atoms with Gasteiger partial charge in [0.05, 0.1) is 16.0 Å². The van der Waals surface area contributed by atoms with Crippen LogP contribution in [0.15, 0.2) is 18.2 Å². The van der Waals surface area contributed by atoms with Crippen molar-refractivity contribution < 1.29 is 9.66 Å². The molecule has 5 nitrogen and oxygen atoms in total. The predicted octanol–water partition coefficient (Wildman–Crippen LogP) is 2.15. The molecule has 0 heterocycles. The van der Waals surface area contributed by atoms with Crippen molar-refractivity contribution in [3.05, 3.63) is 33.3 Å². The minimum Gasteiger partial charge on any atom is -0.478 e. The normalized spacial score (nSPS) is 9.14. The lowest BCUT2D eigenvalue weighted by atomic mass is 10.3. The number of hydrogen-bond donors (Lipinski definition) is 0. The van der Waals surface area contributed by atoms with Crippen molar-refractivity contribution in [2.75, 3.05) is 6.61 Å². The van der Waals surface area contributed by atoms with E-state index in [-0.39, 0.29) is 23.1 Å². The number of nitro groups is 1. The largest absolute Gasteiger partial charge is 0.478 e. The Balaban J connectivity index is 2.96. The lowest BCUT2D eigenvalue weighted by Gasteiger charge is -2.01. The van der Waals surface area contributed by atoms with Crippen molar-refractivity contribution >= 4 is 17.3 Å². The highest BCUT2D eigenvalue weighted by atomic mass is 35.5. The number of hydrogen-bond acceptors (Lipinski definition) is 4. The van der Waals surface area contributed by atoms with E-state index in [2.05, 4.69) is 0 Å². The molecule has 0 bridgehead atoms. The maximum atomic E-state index is 10.4. The Kier molecular flexibility index (Phi) is 3.26. The summed E-state index contributed by atoms with van der Waals surface area (Å²) in [6.45, 7) is -0.169. The summed E-state index contributed by atoms with van der Waals surface area (Å²) in [5.74, 6) is 0.214. The quantitative estimate of drug-likeness (QED) is 0.568. The van der Waals surface area contributed by atoms with Gasteiger partial charge in [-0.2, -0.15) is 5.26 Å². The van der Waals surface area contributed by atoms with Crippen LogP contribution in [0, 0.1) is 21.4 Å². The number of halogens is 1. The van der Waals surface area contributed by atoms with Gasteiger partial charge < -0.3 is 4.74 Å². The average Bonchev–Trinajstić information content (AvgIpc) is 2.14. The van der Waals surface area contributed by atoms with Gasteiger partial charge in [-0.25, -0.2) is 0 Å². The van der Waals surface area contributed by atoms with Crippen LogP contribution < -0.4 is 4.74 Å². The van der Waals surface area contributed by atoms with Crippen LogP contribution in [-0.4, -0.2) is 11.5 Å². The number of nitrogens with zero attached hydrogens (tertiary/aromatic N) is 2. The van der Waals surface area contributed by atoms with Crippen LogP contribution in [0.25, 0.3) is 0 Å². The summed E-state index contributed by atoms with van der Waals surface area (Å²) in [6.07, 6.45) is 0. The summed E-state index contributed by atoms with van der Waals surface area (Å²) in [5, 5.41) is 18.8. The highest BCUT2D eigenvalue weighted by Crippen LogP contribution is 2.25. The number of ether oxygens (including phenoxy) is 1. The molecule has 0 aliphatic rings. The average molecular weight is 213 g/mol. The second-order valence-electron chi connectivity index (χ2n) is 2.35. The molecule has 0 saturated carbocycles. The number of nitro benzene ring substituents is 1. The fourth-order valence-corrected chi connectivity index (χ4v) is 1.07. The molecule has 14 heavy (non-hydrogen) atoms. The molecular formula is C8H5ClN2O3. The van der Waals surface area contributed by atoms with Crippen LogP contribution >= 0.6 is 11.6 Å². The molecule has 0 spiro atoms. The molecule has 0 radical (unpaired) electrons. The highest BCUT2D eigenvalue weighted by Gasteiger charge is 2.09. The minimum absolute atomic E-state index is 0.162. The Bertz CT molecular complexity index is 400. The van der Waals surface area contributed by atoms with Gasteiger partial charge in [-0.05, 0) is 6.07 Å². The van der Waals surface area contributed by atoms with Gasteiger partial charge in [0.15, 0.2) is 6.61 Å². The second-order valence-corrected chi connectivity index (χ2v) is 2.79. The lowest BCUT2D eigenvalue weighted by molar-refractivity contribution is -0.384. The number of non-ortho nitro benzene ring substituents is 1. The molecule has 6 heteroatoms. The SMILES string of the molecule is N#CCOc1cc(Cl)cc([N+](=O)[O-])c1. The van der Waals surface area contributed by atoms with E-state index in [1.165, 1.54) is 18.2 Å². The van der Waals surface area contributed by atoms with E-state index < -0.39 is 4.92 Å². The smallest absolute Gasteiger partial charge is 0.274 e. The molecule has 0 aromatic heterocycles. The van der Waals surface area contributed by atoms with Gasteiger partial charge >= 0.3 is 0 Å². The van der Waals surface area contributed by atoms with E-state index in [0.717, 1.165) is 0 Å². The van der Waals surface area contributed by atoms with Crippen molar-refractivity contribution in [2.24, 2.45) is 0 Å². The first-order chi connectivity index (χ1) is 6.63. The molecule has 0 saturated heterocycles. The first kappa shape index (κ1) is 10.3. The van der Waals surface area contributed by atoms with E-state index in [4.69, 9.17) is 21.6 Å². The van der Waals surface area contributed by atoms with Crippen molar-refractivity contribution in [3.8, 4) is 11.8 Å². The van der Waals surface area contributed by atoms with Crippen LogP contribution in [0.2, 0.25) is 5.02 Å². The Morgan fingerprint density at radius 3 is 2.86 bits per heavy atom. The third kappa shape index (κ3) is 2.61. The van der Waals surface area contributed by atoms with Crippen LogP contribution in [-0.2, 0) is 0 Å². The van der Waals surface area contributed by atoms with Crippen molar-refractivity contribution in [1.82, 2.24) is 0 Å². The number of benzene rings is 1. The fourth-order valence-electron chi connectivity index (χ4n) is 0.852. The van der Waals surface area contributed by atoms with Gasteiger partial charge in [0.25, 0.3) is 5.69 Å². The van der Waals surface area contributed by atoms with Crippen LogP contribution in [0.1, 0.15) is 0 Å². The van der Waals surface area contributed by atoms with E-state index in [1.54, 1.807) is 6.07 Å². The zero-order valence-electron chi connectivity index (χ0n) is 6.94. The monoisotopic (exact) mass is 212 g/mol. The Labute approximate surface area is 84.6 Å². The third-order valence-corrected chi connectivity index (χ3v) is 1.59. The van der Waals surface area contributed by atoms with Crippen LogP contribution in [0.3, 0.4) is 0 Å². The van der Waals surface area contributed by atoms with Gasteiger partial charge in [0.1, 0.15) is 11.8 Å². The maximum Gasteiger partial charge on any atom is 0.274 e. The molecule has 0 amide bonds. The molecule has 72 valence electrons. The highest BCUT2D eigenvalue weighted by molar-refractivity contribution is 6.30. The summed E-state index contributed by atoms with van der Waals surface area (Å²) < 4.78 is 4.88. The molecule has 0 fully saturated rings. The molecule has 1 rings (SSSR count). The topological polar surface area (TPSA) is 76.2 Å². The van der Waals surface area contributed by atoms with Gasteiger partial charge in [-0.1, -0.05) is 11.6 Å². The van der Waals surface area contributed by atoms with Crippen molar-refractivity contribution in [3.63, 3.8) is 0 Å². The molecule has 0 atom stereocenters. The standard InChI is InChI=1S/C8H5ClN2O3/c9-6-3-7(11(12)13)5-8(4-6)14-2-1-10/h3-5H,2H2. The Morgan fingerprint density at radius 1 is 1.57 bits per heavy atom. The van der Waals surface area contributed by atoms with E-state index in [0.29, 0.717) is 0 Å². The first-order valence-corrected chi connectivity index (χ1v) is 3.96. The molecule has 0 unspecified atom stereocenters. The molecular weight excluding hydrogens is 208 g/mol. The lowest BCUT2D eigenvalue weighted by Crippen LogP contribution is -1.95. The van der Waals surface area contributed by atoms with E-state index in [9.17, 15) is 10.1 Å². The van der Waals surface area contributed by atoms with Crippen molar-refractivity contribution in [2.45, 2.75) is 0 Å². The predicted molar refractivity (Wildman–Crippen MR) is 49.2 cm³/mol. The molecule has 1 aromatic rings. The number of rotatable bonds is 3. The Hall–Kier alpha value is -1.80. The Morgan fingerprint density at radius 2 is 2.29 bits per heavy atom. The summed E-state index contributed by atoms with van der Waals surface area (Å²) in [4.78, 5) is 9.83. The van der Waals surface area contributed by atoms with Gasteiger partial charge in [0.2, 0.25) is 0 Å². The maximum absolute atomic E-state index is 10.4. The molecule has 0 aliphatic heterocycles. The van der Waals surface area contributed by atoms with Gasteiger partial charge in [-0.15, -0.1) is 0 Å². The second kappa shape index (κ2) is 4.44. The molecule has 0 N–H and O–H groups in total. The zero-order valence-corrected chi connectivity index (χ0v) is 7.69. The molecule has 0 aliphatic carbocycles. The number of nitriles is 1. The van der Waals surface area contributed by atoms with Gasteiger partial charge in [0, 0.05) is 6.07 Å². The fraction of sp³-hybridized carbons (Fsp3) is 0.125. The molecule has 1 aromatic carbocycles.